The van der Waals surface area contributed by atoms with Gasteiger partial charge in [0.05, 0.1) is 47.4 Å². The zero-order valence-electron chi connectivity index (χ0n) is 20.5. The van der Waals surface area contributed by atoms with E-state index in [-0.39, 0.29) is 35.1 Å². The monoisotopic (exact) mass is 576 g/mol. The highest BCUT2D eigenvalue weighted by Gasteiger charge is 2.32. The number of nitrogens with one attached hydrogen (secondary N) is 1. The first kappa shape index (κ1) is 31.5. The molecule has 0 aliphatic carbocycles. The van der Waals surface area contributed by atoms with Crippen molar-refractivity contribution >= 4 is 33.1 Å². The molecule has 12 nitrogen and oxygen atoms in total. The van der Waals surface area contributed by atoms with Gasteiger partial charge in [-0.05, 0) is 18.1 Å². The molecule has 0 aromatic heterocycles. The van der Waals surface area contributed by atoms with E-state index in [2.05, 4.69) is 5.32 Å². The number of hydrogen-bond acceptors (Lipinski definition) is 9. The van der Waals surface area contributed by atoms with Crippen molar-refractivity contribution in [2.45, 2.75) is 23.2 Å². The molecular formula is C23H27F3N4O8S. The van der Waals surface area contributed by atoms with Gasteiger partial charge in [0.25, 0.3) is 11.6 Å². The van der Waals surface area contributed by atoms with Crippen molar-refractivity contribution < 1.29 is 51.6 Å². The lowest BCUT2D eigenvalue weighted by Gasteiger charge is -2.25. The molecule has 4 N–H and O–H groups in total. The lowest BCUT2D eigenvalue weighted by Crippen LogP contribution is -2.89. The van der Waals surface area contributed by atoms with Crippen LogP contribution in [0.5, 0.6) is 0 Å². The van der Waals surface area contributed by atoms with Gasteiger partial charge in [0.2, 0.25) is 0 Å². The molecule has 214 valence electrons. The fourth-order valence-electron chi connectivity index (χ4n) is 3.58. The predicted molar refractivity (Wildman–Crippen MR) is 129 cm³/mol. The minimum absolute atomic E-state index is 0.0459. The molecule has 3 rings (SSSR count). The summed E-state index contributed by atoms with van der Waals surface area (Å²) in [6.45, 7) is 2.32. The molecule has 2 aromatic rings. The van der Waals surface area contributed by atoms with E-state index >= 15 is 0 Å². The summed E-state index contributed by atoms with van der Waals surface area (Å²) in [4.78, 5) is 34.3. The SMILES string of the molecule is O=C([O-])C(F)(F)F.O=C(c1cc(S(=O)(=O)Cc2ccccc2)c(NCCCO)cc1[N+](=O)[O-])N1CC[NH2+]CC1. The van der Waals surface area contributed by atoms with Crippen molar-refractivity contribution in [2.24, 2.45) is 0 Å². The number of carbonyl (C=O) groups is 2. The van der Waals surface area contributed by atoms with Crippen LogP contribution >= 0.6 is 0 Å². The Labute approximate surface area is 221 Å². The summed E-state index contributed by atoms with van der Waals surface area (Å²) in [7, 11) is -3.93. The minimum Gasteiger partial charge on any atom is -0.542 e. The second kappa shape index (κ2) is 13.9. The number of hydrogen-bond donors (Lipinski definition) is 3. The second-order valence-electron chi connectivity index (χ2n) is 8.31. The number of benzene rings is 2. The summed E-state index contributed by atoms with van der Waals surface area (Å²) in [6, 6.07) is 10.8. The molecule has 1 saturated heterocycles. The van der Waals surface area contributed by atoms with E-state index in [0.717, 1.165) is 12.1 Å². The van der Waals surface area contributed by atoms with Gasteiger partial charge in [-0.1, -0.05) is 30.3 Å². The number of aliphatic hydroxyl groups is 1. The van der Waals surface area contributed by atoms with Crippen LogP contribution in [0.2, 0.25) is 0 Å². The Morgan fingerprint density at radius 2 is 1.72 bits per heavy atom. The number of nitrogens with zero attached hydrogens (tertiary/aromatic N) is 2. The standard InChI is InChI=1S/C21H26N4O6S.C2HF3O2/c26-12-4-7-23-18-14-19(25(28)29)17(21(27)24-10-8-22-9-11-24)13-20(18)32(30,31)15-16-5-2-1-3-6-16;3-2(4,5)1(6)7/h1-3,5-6,13-14,22-23,26H,4,7-12,15H2;(H,6,7). The third-order valence-electron chi connectivity index (χ3n) is 5.43. The number of halogens is 3. The third kappa shape index (κ3) is 9.19. The fourth-order valence-corrected chi connectivity index (χ4v) is 5.13. The molecule has 1 heterocycles. The summed E-state index contributed by atoms with van der Waals surface area (Å²) in [6.07, 6.45) is -4.86. The highest BCUT2D eigenvalue weighted by molar-refractivity contribution is 7.90. The maximum atomic E-state index is 13.3. The van der Waals surface area contributed by atoms with Gasteiger partial charge in [0.15, 0.2) is 9.84 Å². The number of nitro groups is 1. The smallest absolute Gasteiger partial charge is 0.430 e. The Bertz CT molecular complexity index is 1270. The maximum Gasteiger partial charge on any atom is 0.430 e. The molecule has 0 spiro atoms. The summed E-state index contributed by atoms with van der Waals surface area (Å²) in [5.41, 5.74) is -0.0813. The quantitative estimate of drug-likeness (QED) is 0.204. The molecule has 0 bridgehead atoms. The van der Waals surface area contributed by atoms with Crippen LogP contribution in [-0.2, 0) is 20.4 Å². The first-order valence-electron chi connectivity index (χ1n) is 11.6. The summed E-state index contributed by atoms with van der Waals surface area (Å²) in [5.74, 6) is -3.87. The average molecular weight is 577 g/mol. The van der Waals surface area contributed by atoms with E-state index in [1.807, 2.05) is 5.32 Å². The molecule has 0 atom stereocenters. The molecule has 1 fully saturated rings. The number of carboxylic acid groups (broad SMARTS) is 1. The molecule has 1 aliphatic rings. The number of nitrogens with two attached hydrogens (primary N) is 1. The number of aliphatic hydroxyl groups excluding tert-OH is 1. The lowest BCUT2D eigenvalue weighted by molar-refractivity contribution is -0.661. The van der Waals surface area contributed by atoms with Crippen molar-refractivity contribution in [3.05, 3.63) is 63.7 Å². The van der Waals surface area contributed by atoms with Crippen LogP contribution in [0.3, 0.4) is 0 Å². The summed E-state index contributed by atoms with van der Waals surface area (Å²) < 4.78 is 58.1. The number of nitro benzene ring substituents is 1. The van der Waals surface area contributed by atoms with Gasteiger partial charge in [-0.15, -0.1) is 0 Å². The van der Waals surface area contributed by atoms with Crippen LogP contribution in [0.4, 0.5) is 24.5 Å². The van der Waals surface area contributed by atoms with E-state index in [1.165, 1.54) is 4.90 Å². The Balaban J connectivity index is 0.000000673. The number of anilines is 1. The number of carbonyl (C=O) groups excluding carboxylic acids is 2. The Morgan fingerprint density at radius 1 is 1.13 bits per heavy atom. The van der Waals surface area contributed by atoms with Gasteiger partial charge in [0, 0.05) is 19.2 Å². The Hall–Kier alpha value is -3.76. The van der Waals surface area contributed by atoms with Gasteiger partial charge in [-0.25, -0.2) is 8.42 Å². The topological polar surface area (TPSA) is 187 Å². The molecule has 0 radical (unpaired) electrons. The number of alkyl halides is 3. The molecule has 1 aliphatic heterocycles. The summed E-state index contributed by atoms with van der Waals surface area (Å²) >= 11 is 0. The fraction of sp³-hybridized carbons (Fsp3) is 0.391. The number of piperazine rings is 1. The number of sulfone groups is 1. The first-order valence-corrected chi connectivity index (χ1v) is 13.3. The van der Waals surface area contributed by atoms with Crippen LogP contribution in [0.1, 0.15) is 22.3 Å². The van der Waals surface area contributed by atoms with Gasteiger partial charge >= 0.3 is 6.18 Å². The molecule has 1 amide bonds. The molecule has 39 heavy (non-hydrogen) atoms. The number of aliphatic carboxylic acids is 1. The van der Waals surface area contributed by atoms with Gasteiger partial charge < -0.3 is 30.5 Å². The first-order chi connectivity index (χ1) is 18.3. The van der Waals surface area contributed by atoms with Crippen molar-refractivity contribution in [1.29, 1.82) is 0 Å². The molecule has 0 saturated carbocycles. The van der Waals surface area contributed by atoms with Crippen molar-refractivity contribution in [1.82, 2.24) is 4.90 Å². The van der Waals surface area contributed by atoms with Crippen LogP contribution in [0.15, 0.2) is 47.4 Å². The lowest BCUT2D eigenvalue weighted by atomic mass is 10.1. The molecule has 0 unspecified atom stereocenters. The van der Waals surface area contributed by atoms with Crippen LogP contribution < -0.4 is 15.7 Å². The van der Waals surface area contributed by atoms with Crippen LogP contribution in [0, 0.1) is 10.1 Å². The van der Waals surface area contributed by atoms with E-state index < -0.39 is 38.5 Å². The largest absolute Gasteiger partial charge is 0.542 e. The highest BCUT2D eigenvalue weighted by Crippen LogP contribution is 2.33. The zero-order valence-corrected chi connectivity index (χ0v) is 21.3. The van der Waals surface area contributed by atoms with Gasteiger partial charge in [-0.2, -0.15) is 13.2 Å². The van der Waals surface area contributed by atoms with E-state index in [0.29, 0.717) is 38.2 Å². The Kier molecular flexibility index (Phi) is 11.2. The number of quaternary nitrogens is 1. The molecule has 2 aromatic carbocycles. The van der Waals surface area contributed by atoms with E-state index in [1.54, 1.807) is 30.3 Å². The predicted octanol–water partition coefficient (Wildman–Crippen LogP) is -0.319. The number of rotatable bonds is 9. The van der Waals surface area contributed by atoms with Crippen LogP contribution in [-0.4, -0.2) is 80.7 Å². The maximum absolute atomic E-state index is 13.3. The van der Waals surface area contributed by atoms with Crippen molar-refractivity contribution in [3.8, 4) is 0 Å². The molecular weight excluding hydrogens is 549 g/mol. The number of amides is 1. The van der Waals surface area contributed by atoms with Gasteiger partial charge in [0.1, 0.15) is 11.5 Å². The van der Waals surface area contributed by atoms with Crippen molar-refractivity contribution in [2.75, 3.05) is 44.6 Å². The highest BCUT2D eigenvalue weighted by atomic mass is 32.2. The van der Waals surface area contributed by atoms with Gasteiger partial charge in [-0.3, -0.25) is 14.9 Å². The molecule has 16 heteroatoms. The third-order valence-corrected chi connectivity index (χ3v) is 7.16. The van der Waals surface area contributed by atoms with E-state index in [9.17, 15) is 36.5 Å². The normalized spacial score (nSPS) is 13.7. The van der Waals surface area contributed by atoms with E-state index in [4.69, 9.17) is 15.0 Å². The minimum atomic E-state index is -5.19. The van der Waals surface area contributed by atoms with Crippen molar-refractivity contribution in [3.63, 3.8) is 0 Å². The zero-order chi connectivity index (χ0) is 29.2. The average Bonchev–Trinajstić information content (AvgIpc) is 2.88. The Morgan fingerprint density at radius 3 is 2.23 bits per heavy atom. The number of carboxylic acids is 1. The second-order valence-corrected chi connectivity index (χ2v) is 10.3. The van der Waals surface area contributed by atoms with Crippen LogP contribution in [0.25, 0.3) is 0 Å². The summed E-state index contributed by atoms with van der Waals surface area (Å²) in [5, 5.41) is 34.5.